The number of aromatic nitrogens is 2. The summed E-state index contributed by atoms with van der Waals surface area (Å²) in [6.07, 6.45) is 2.70. The number of benzene rings is 1. The number of rotatable bonds is 6. The summed E-state index contributed by atoms with van der Waals surface area (Å²) in [5.41, 5.74) is 2.38. The zero-order valence-corrected chi connectivity index (χ0v) is 12.0. The Bertz CT molecular complexity index is 606. The molecule has 1 unspecified atom stereocenters. The predicted octanol–water partition coefficient (Wildman–Crippen LogP) is 2.29. The Balaban J connectivity index is 2.27. The molecule has 1 aromatic heterocycles. The second-order valence-corrected chi connectivity index (χ2v) is 4.91. The van der Waals surface area contributed by atoms with Crippen LogP contribution in [0.2, 0.25) is 0 Å². The molecule has 1 N–H and O–H groups in total. The van der Waals surface area contributed by atoms with Crippen LogP contribution in [0.5, 0.6) is 0 Å². The summed E-state index contributed by atoms with van der Waals surface area (Å²) >= 11 is 0. The van der Waals surface area contributed by atoms with E-state index in [0.29, 0.717) is 6.54 Å². The Morgan fingerprint density at radius 3 is 2.75 bits per heavy atom. The van der Waals surface area contributed by atoms with E-state index in [0.717, 1.165) is 13.0 Å². The SMILES string of the molecule is CCCNC(Cn1ncccc1=O)c1ccccc1C. The molecule has 0 bridgehead atoms. The predicted molar refractivity (Wildman–Crippen MR) is 80.7 cm³/mol. The van der Waals surface area contributed by atoms with Crippen molar-refractivity contribution in [2.75, 3.05) is 6.54 Å². The number of nitrogens with one attached hydrogen (secondary N) is 1. The zero-order valence-electron chi connectivity index (χ0n) is 12.0. The lowest BCUT2D eigenvalue weighted by atomic mass is 10.0. The molecule has 0 radical (unpaired) electrons. The summed E-state index contributed by atoms with van der Waals surface area (Å²) in [5.74, 6) is 0. The van der Waals surface area contributed by atoms with Crippen molar-refractivity contribution >= 4 is 0 Å². The standard InChI is InChI=1S/C16H21N3O/c1-3-10-17-15(14-8-5-4-7-13(14)2)12-19-16(20)9-6-11-18-19/h4-9,11,15,17H,3,10,12H2,1-2H3. The fourth-order valence-corrected chi connectivity index (χ4v) is 2.27. The molecule has 0 saturated heterocycles. The van der Waals surface area contributed by atoms with Gasteiger partial charge in [-0.15, -0.1) is 0 Å². The van der Waals surface area contributed by atoms with Gasteiger partial charge in [-0.2, -0.15) is 5.10 Å². The van der Waals surface area contributed by atoms with Gasteiger partial charge in [0.25, 0.3) is 5.56 Å². The maximum absolute atomic E-state index is 11.8. The maximum Gasteiger partial charge on any atom is 0.266 e. The van der Waals surface area contributed by atoms with Crippen LogP contribution in [0.15, 0.2) is 47.4 Å². The van der Waals surface area contributed by atoms with Crippen molar-refractivity contribution in [2.24, 2.45) is 0 Å². The van der Waals surface area contributed by atoms with E-state index in [1.54, 1.807) is 18.3 Å². The van der Waals surface area contributed by atoms with E-state index in [9.17, 15) is 4.79 Å². The fraction of sp³-hybridized carbons (Fsp3) is 0.375. The van der Waals surface area contributed by atoms with Crippen molar-refractivity contribution in [3.05, 3.63) is 64.1 Å². The van der Waals surface area contributed by atoms with Crippen molar-refractivity contribution in [1.29, 1.82) is 0 Å². The molecule has 0 aliphatic heterocycles. The average molecular weight is 271 g/mol. The fourth-order valence-electron chi connectivity index (χ4n) is 2.27. The first-order chi connectivity index (χ1) is 9.72. The van der Waals surface area contributed by atoms with Crippen molar-refractivity contribution in [3.63, 3.8) is 0 Å². The monoisotopic (exact) mass is 271 g/mol. The van der Waals surface area contributed by atoms with Crippen LogP contribution in [0.1, 0.15) is 30.5 Å². The molecule has 0 fully saturated rings. The molecule has 0 saturated carbocycles. The molecule has 4 heteroatoms. The summed E-state index contributed by atoms with van der Waals surface area (Å²) < 4.78 is 1.51. The first kappa shape index (κ1) is 14.5. The van der Waals surface area contributed by atoms with Crippen molar-refractivity contribution in [2.45, 2.75) is 32.9 Å². The second kappa shape index (κ2) is 7.01. The third-order valence-corrected chi connectivity index (χ3v) is 3.35. The first-order valence-corrected chi connectivity index (χ1v) is 7.03. The topological polar surface area (TPSA) is 46.9 Å². The maximum atomic E-state index is 11.8. The molecule has 1 heterocycles. The molecule has 2 rings (SSSR count). The third-order valence-electron chi connectivity index (χ3n) is 3.35. The molecule has 1 atom stereocenters. The molecule has 0 aliphatic carbocycles. The van der Waals surface area contributed by atoms with Gasteiger partial charge < -0.3 is 5.32 Å². The van der Waals surface area contributed by atoms with Gasteiger partial charge in [-0.05, 0) is 37.1 Å². The van der Waals surface area contributed by atoms with Crippen molar-refractivity contribution in [1.82, 2.24) is 15.1 Å². The van der Waals surface area contributed by atoms with E-state index in [1.807, 2.05) is 12.1 Å². The Labute approximate surface area is 119 Å². The van der Waals surface area contributed by atoms with Crippen LogP contribution < -0.4 is 10.9 Å². The van der Waals surface area contributed by atoms with Crippen LogP contribution in [0.25, 0.3) is 0 Å². The molecule has 106 valence electrons. The highest BCUT2D eigenvalue weighted by Crippen LogP contribution is 2.18. The van der Waals surface area contributed by atoms with Gasteiger partial charge in [0.15, 0.2) is 0 Å². The lowest BCUT2D eigenvalue weighted by molar-refractivity contribution is 0.425. The smallest absolute Gasteiger partial charge is 0.266 e. The van der Waals surface area contributed by atoms with Gasteiger partial charge in [0.05, 0.1) is 12.6 Å². The second-order valence-electron chi connectivity index (χ2n) is 4.91. The van der Waals surface area contributed by atoms with Gasteiger partial charge in [0.2, 0.25) is 0 Å². The number of hydrogen-bond donors (Lipinski definition) is 1. The summed E-state index contributed by atoms with van der Waals surface area (Å²) in [4.78, 5) is 11.8. The van der Waals surface area contributed by atoms with Crippen LogP contribution in [-0.4, -0.2) is 16.3 Å². The Morgan fingerprint density at radius 1 is 1.25 bits per heavy atom. The van der Waals surface area contributed by atoms with E-state index < -0.39 is 0 Å². The van der Waals surface area contributed by atoms with Crippen LogP contribution >= 0.6 is 0 Å². The van der Waals surface area contributed by atoms with Gasteiger partial charge >= 0.3 is 0 Å². The Morgan fingerprint density at radius 2 is 2.05 bits per heavy atom. The summed E-state index contributed by atoms with van der Waals surface area (Å²) in [7, 11) is 0. The number of hydrogen-bond acceptors (Lipinski definition) is 3. The Hall–Kier alpha value is -1.94. The van der Waals surface area contributed by atoms with Crippen LogP contribution in [0.3, 0.4) is 0 Å². The van der Waals surface area contributed by atoms with Crippen LogP contribution in [0.4, 0.5) is 0 Å². The minimum Gasteiger partial charge on any atom is -0.308 e. The lowest BCUT2D eigenvalue weighted by Gasteiger charge is -2.21. The summed E-state index contributed by atoms with van der Waals surface area (Å²) in [6, 6.07) is 11.6. The molecule has 0 amide bonds. The van der Waals surface area contributed by atoms with Crippen molar-refractivity contribution in [3.8, 4) is 0 Å². The summed E-state index contributed by atoms with van der Waals surface area (Å²) in [5, 5.41) is 7.65. The van der Waals surface area contributed by atoms with Gasteiger partial charge in [-0.3, -0.25) is 4.79 Å². The average Bonchev–Trinajstić information content (AvgIpc) is 2.46. The van der Waals surface area contributed by atoms with E-state index in [2.05, 4.69) is 36.4 Å². The van der Waals surface area contributed by atoms with E-state index in [4.69, 9.17) is 0 Å². The minimum atomic E-state index is -0.0654. The number of aryl methyl sites for hydroxylation is 1. The van der Waals surface area contributed by atoms with Gasteiger partial charge in [-0.25, -0.2) is 4.68 Å². The highest BCUT2D eigenvalue weighted by Gasteiger charge is 2.14. The Kier molecular flexibility index (Phi) is 5.07. The zero-order chi connectivity index (χ0) is 14.4. The largest absolute Gasteiger partial charge is 0.308 e. The molecular weight excluding hydrogens is 250 g/mol. The minimum absolute atomic E-state index is 0.0654. The molecular formula is C16H21N3O. The molecule has 20 heavy (non-hydrogen) atoms. The highest BCUT2D eigenvalue weighted by atomic mass is 16.1. The van der Waals surface area contributed by atoms with Crippen LogP contribution in [-0.2, 0) is 6.54 Å². The molecule has 1 aromatic carbocycles. The van der Waals surface area contributed by atoms with Gasteiger partial charge in [-0.1, -0.05) is 31.2 Å². The van der Waals surface area contributed by atoms with Crippen molar-refractivity contribution < 1.29 is 0 Å². The van der Waals surface area contributed by atoms with E-state index >= 15 is 0 Å². The molecule has 4 nitrogen and oxygen atoms in total. The summed E-state index contributed by atoms with van der Waals surface area (Å²) in [6.45, 7) is 5.69. The quantitative estimate of drug-likeness (QED) is 0.877. The molecule has 0 aliphatic rings. The van der Waals surface area contributed by atoms with Crippen LogP contribution in [0, 0.1) is 6.92 Å². The van der Waals surface area contributed by atoms with E-state index in [1.165, 1.54) is 15.8 Å². The van der Waals surface area contributed by atoms with Gasteiger partial charge in [0, 0.05) is 12.3 Å². The highest BCUT2D eigenvalue weighted by molar-refractivity contribution is 5.28. The lowest BCUT2D eigenvalue weighted by Crippen LogP contribution is -2.32. The van der Waals surface area contributed by atoms with E-state index in [-0.39, 0.29) is 11.6 Å². The molecule has 2 aromatic rings. The third kappa shape index (κ3) is 3.54. The van der Waals surface area contributed by atoms with Gasteiger partial charge in [0.1, 0.15) is 0 Å². The molecule has 0 spiro atoms. The first-order valence-electron chi connectivity index (χ1n) is 7.03. The number of nitrogens with zero attached hydrogens (tertiary/aromatic N) is 2. The normalized spacial score (nSPS) is 12.3.